The molecule has 0 atom stereocenters. The molecule has 1 N–H and O–H groups in total. The van der Waals surface area contributed by atoms with Crippen LogP contribution in [0.5, 0.6) is 0 Å². The van der Waals surface area contributed by atoms with Gasteiger partial charge in [-0.1, -0.05) is 49.4 Å². The number of hydrogen-bond donors (Lipinski definition) is 1. The molecular formula is C16H19NO3. The SMILES string of the molecule is CCC(/C=C/c1ccccc1)=C(\NC(C)=O)C(=O)OC. The van der Waals surface area contributed by atoms with E-state index in [1.165, 1.54) is 14.0 Å². The first kappa shape index (κ1) is 15.7. The zero-order valence-corrected chi connectivity index (χ0v) is 12.0. The summed E-state index contributed by atoms with van der Waals surface area (Å²) in [5.41, 5.74) is 1.93. The largest absolute Gasteiger partial charge is 0.464 e. The molecule has 0 bridgehead atoms. The van der Waals surface area contributed by atoms with Gasteiger partial charge in [0.15, 0.2) is 0 Å². The third kappa shape index (κ3) is 4.72. The second-order valence-electron chi connectivity index (χ2n) is 4.17. The summed E-state index contributed by atoms with van der Waals surface area (Å²) in [5, 5.41) is 2.53. The number of carbonyl (C=O) groups excluding carboxylic acids is 2. The Morgan fingerprint density at radius 1 is 1.25 bits per heavy atom. The van der Waals surface area contributed by atoms with Crippen LogP contribution >= 0.6 is 0 Å². The molecule has 0 unspecified atom stereocenters. The topological polar surface area (TPSA) is 55.4 Å². The molecule has 0 saturated heterocycles. The van der Waals surface area contributed by atoms with E-state index in [1.54, 1.807) is 0 Å². The van der Waals surface area contributed by atoms with E-state index in [-0.39, 0.29) is 11.6 Å². The lowest BCUT2D eigenvalue weighted by Crippen LogP contribution is -2.27. The minimum absolute atomic E-state index is 0.190. The fourth-order valence-electron chi connectivity index (χ4n) is 1.68. The normalized spacial score (nSPS) is 11.9. The Balaban J connectivity index is 3.09. The zero-order chi connectivity index (χ0) is 15.0. The van der Waals surface area contributed by atoms with Gasteiger partial charge in [0.2, 0.25) is 5.91 Å². The van der Waals surface area contributed by atoms with Crippen LogP contribution < -0.4 is 5.32 Å². The highest BCUT2D eigenvalue weighted by Gasteiger charge is 2.14. The van der Waals surface area contributed by atoms with E-state index in [0.29, 0.717) is 6.42 Å². The van der Waals surface area contributed by atoms with Gasteiger partial charge in [0.1, 0.15) is 5.70 Å². The molecule has 0 radical (unpaired) electrons. The fraction of sp³-hybridized carbons (Fsp3) is 0.250. The molecule has 1 rings (SSSR count). The number of nitrogens with one attached hydrogen (secondary N) is 1. The molecule has 1 aromatic rings. The van der Waals surface area contributed by atoms with E-state index >= 15 is 0 Å². The molecule has 1 aromatic carbocycles. The van der Waals surface area contributed by atoms with Crippen molar-refractivity contribution >= 4 is 18.0 Å². The number of amides is 1. The monoisotopic (exact) mass is 273 g/mol. The van der Waals surface area contributed by atoms with Crippen LogP contribution in [0, 0.1) is 0 Å². The van der Waals surface area contributed by atoms with E-state index in [2.05, 4.69) is 5.32 Å². The maximum absolute atomic E-state index is 11.7. The van der Waals surface area contributed by atoms with E-state index in [9.17, 15) is 9.59 Å². The Morgan fingerprint density at radius 3 is 2.40 bits per heavy atom. The highest BCUT2D eigenvalue weighted by atomic mass is 16.5. The number of benzene rings is 1. The maximum atomic E-state index is 11.7. The summed E-state index contributed by atoms with van der Waals surface area (Å²) < 4.78 is 4.70. The van der Waals surface area contributed by atoms with Gasteiger partial charge in [-0.2, -0.15) is 0 Å². The fourth-order valence-corrected chi connectivity index (χ4v) is 1.68. The van der Waals surface area contributed by atoms with Crippen LogP contribution in [0.25, 0.3) is 6.08 Å². The highest BCUT2D eigenvalue weighted by Crippen LogP contribution is 2.13. The van der Waals surface area contributed by atoms with E-state index in [0.717, 1.165) is 11.1 Å². The highest BCUT2D eigenvalue weighted by molar-refractivity contribution is 5.94. The molecule has 0 spiro atoms. The molecule has 0 aromatic heterocycles. The van der Waals surface area contributed by atoms with E-state index in [1.807, 2.05) is 49.4 Å². The minimum Gasteiger partial charge on any atom is -0.464 e. The van der Waals surface area contributed by atoms with Gasteiger partial charge in [-0.15, -0.1) is 0 Å². The van der Waals surface area contributed by atoms with Crippen LogP contribution in [-0.4, -0.2) is 19.0 Å². The summed E-state index contributed by atoms with van der Waals surface area (Å²) in [4.78, 5) is 22.9. The molecule has 0 aliphatic rings. The number of carbonyl (C=O) groups is 2. The Morgan fingerprint density at radius 2 is 1.90 bits per heavy atom. The summed E-state index contributed by atoms with van der Waals surface area (Å²) in [7, 11) is 1.29. The molecule has 0 saturated carbocycles. The summed E-state index contributed by atoms with van der Waals surface area (Å²) in [6, 6.07) is 9.72. The molecular weight excluding hydrogens is 254 g/mol. The van der Waals surface area contributed by atoms with Crippen molar-refractivity contribution in [2.24, 2.45) is 0 Å². The number of rotatable bonds is 5. The van der Waals surface area contributed by atoms with Gasteiger partial charge in [-0.05, 0) is 17.6 Å². The average Bonchev–Trinajstić information content (AvgIpc) is 2.46. The van der Waals surface area contributed by atoms with Gasteiger partial charge in [0.25, 0.3) is 0 Å². The Labute approximate surface area is 119 Å². The van der Waals surface area contributed by atoms with Crippen molar-refractivity contribution in [3.8, 4) is 0 Å². The Hall–Kier alpha value is -2.36. The molecule has 0 heterocycles. The number of hydrogen-bond acceptors (Lipinski definition) is 3. The zero-order valence-electron chi connectivity index (χ0n) is 12.0. The smallest absolute Gasteiger partial charge is 0.354 e. The van der Waals surface area contributed by atoms with Crippen LogP contribution in [-0.2, 0) is 14.3 Å². The van der Waals surface area contributed by atoms with Gasteiger partial charge >= 0.3 is 5.97 Å². The van der Waals surface area contributed by atoms with Gasteiger partial charge in [-0.25, -0.2) is 4.79 Å². The molecule has 106 valence electrons. The van der Waals surface area contributed by atoms with Crippen molar-refractivity contribution < 1.29 is 14.3 Å². The number of allylic oxidation sites excluding steroid dienone is 2. The van der Waals surface area contributed by atoms with Crippen LogP contribution in [0.1, 0.15) is 25.8 Å². The van der Waals surface area contributed by atoms with E-state index in [4.69, 9.17) is 4.74 Å². The summed E-state index contributed by atoms with van der Waals surface area (Å²) in [6.07, 6.45) is 4.31. The quantitative estimate of drug-likeness (QED) is 0.510. The summed E-state index contributed by atoms with van der Waals surface area (Å²) >= 11 is 0. The van der Waals surface area contributed by atoms with Gasteiger partial charge in [-0.3, -0.25) is 4.79 Å². The van der Waals surface area contributed by atoms with Gasteiger partial charge < -0.3 is 10.1 Å². The van der Waals surface area contributed by atoms with Crippen molar-refractivity contribution in [2.45, 2.75) is 20.3 Å². The third-order valence-corrected chi connectivity index (χ3v) is 2.67. The molecule has 20 heavy (non-hydrogen) atoms. The Kier molecular flexibility index (Phi) is 6.23. The lowest BCUT2D eigenvalue weighted by atomic mass is 10.1. The minimum atomic E-state index is -0.547. The first-order valence-corrected chi connectivity index (χ1v) is 6.40. The van der Waals surface area contributed by atoms with Crippen molar-refractivity contribution in [2.75, 3.05) is 7.11 Å². The molecule has 4 nitrogen and oxygen atoms in total. The Bertz CT molecular complexity index is 530. The van der Waals surface area contributed by atoms with Crippen molar-refractivity contribution in [1.29, 1.82) is 0 Å². The molecule has 1 amide bonds. The van der Waals surface area contributed by atoms with Crippen molar-refractivity contribution in [3.05, 3.63) is 53.2 Å². The summed E-state index contributed by atoms with van der Waals surface area (Å²) in [6.45, 7) is 3.27. The lowest BCUT2D eigenvalue weighted by molar-refractivity contribution is -0.137. The van der Waals surface area contributed by atoms with Crippen molar-refractivity contribution in [1.82, 2.24) is 5.32 Å². The second kappa shape index (κ2) is 7.94. The number of ether oxygens (including phenoxy) is 1. The standard InChI is InChI=1S/C16H19NO3/c1-4-14(11-10-13-8-6-5-7-9-13)15(16(19)20-3)17-12(2)18/h5-11H,4H2,1-3H3,(H,17,18)/b11-10+,15-14+. The first-order chi connectivity index (χ1) is 9.58. The lowest BCUT2D eigenvalue weighted by Gasteiger charge is -2.10. The predicted molar refractivity (Wildman–Crippen MR) is 78.6 cm³/mol. The molecule has 0 aliphatic heterocycles. The van der Waals surface area contributed by atoms with Crippen LogP contribution in [0.4, 0.5) is 0 Å². The van der Waals surface area contributed by atoms with Gasteiger partial charge in [0, 0.05) is 6.92 Å². The molecule has 4 heteroatoms. The van der Waals surface area contributed by atoms with Crippen LogP contribution in [0.3, 0.4) is 0 Å². The molecule has 0 aliphatic carbocycles. The van der Waals surface area contributed by atoms with Crippen LogP contribution in [0.15, 0.2) is 47.7 Å². The van der Waals surface area contributed by atoms with Crippen LogP contribution in [0.2, 0.25) is 0 Å². The third-order valence-electron chi connectivity index (χ3n) is 2.67. The van der Waals surface area contributed by atoms with E-state index < -0.39 is 5.97 Å². The second-order valence-corrected chi connectivity index (χ2v) is 4.17. The predicted octanol–water partition coefficient (Wildman–Crippen LogP) is 2.67. The number of methoxy groups -OCH3 is 1. The molecule has 0 fully saturated rings. The number of esters is 1. The van der Waals surface area contributed by atoms with Gasteiger partial charge in [0.05, 0.1) is 7.11 Å². The summed E-state index contributed by atoms with van der Waals surface area (Å²) in [5.74, 6) is -0.848. The van der Waals surface area contributed by atoms with Crippen molar-refractivity contribution in [3.63, 3.8) is 0 Å². The average molecular weight is 273 g/mol. The maximum Gasteiger partial charge on any atom is 0.354 e. The first-order valence-electron chi connectivity index (χ1n) is 6.40.